The molecule has 4 rings (SSSR count). The van der Waals surface area contributed by atoms with Gasteiger partial charge in [-0.1, -0.05) is 13.0 Å². The quantitative estimate of drug-likeness (QED) is 0.797. The maximum Gasteiger partial charge on any atom is 0.243 e. The fourth-order valence-electron chi connectivity index (χ4n) is 2.94. The molecule has 0 saturated heterocycles. The number of hydrogen-bond donors (Lipinski definition) is 0. The molecule has 138 valence electrons. The average molecular weight is 377 g/mol. The summed E-state index contributed by atoms with van der Waals surface area (Å²) >= 11 is 0. The van der Waals surface area contributed by atoms with E-state index in [0.29, 0.717) is 42.8 Å². The molecule has 2 aromatic rings. The van der Waals surface area contributed by atoms with Crippen LogP contribution in [0.5, 0.6) is 23.0 Å². The minimum Gasteiger partial charge on any atom is -0.486 e. The van der Waals surface area contributed by atoms with E-state index in [1.807, 2.05) is 19.1 Å². The van der Waals surface area contributed by atoms with Gasteiger partial charge in [0, 0.05) is 19.2 Å². The number of ether oxygens (including phenoxy) is 4. The van der Waals surface area contributed by atoms with Gasteiger partial charge in [-0.05, 0) is 29.8 Å². The summed E-state index contributed by atoms with van der Waals surface area (Å²) in [6.45, 7) is 3.44. The highest BCUT2D eigenvalue weighted by Gasteiger charge is 2.26. The van der Waals surface area contributed by atoms with E-state index in [0.717, 1.165) is 5.56 Å². The lowest BCUT2D eigenvalue weighted by Gasteiger charge is -2.23. The van der Waals surface area contributed by atoms with Crippen LogP contribution in [-0.2, 0) is 16.6 Å². The first-order chi connectivity index (χ1) is 12.6. The number of benzene rings is 2. The Labute approximate surface area is 152 Å². The molecule has 26 heavy (non-hydrogen) atoms. The summed E-state index contributed by atoms with van der Waals surface area (Å²) < 4.78 is 49.2. The van der Waals surface area contributed by atoms with E-state index in [4.69, 9.17) is 18.9 Å². The summed E-state index contributed by atoms with van der Waals surface area (Å²) in [5.41, 5.74) is 0.831. The summed E-state index contributed by atoms with van der Waals surface area (Å²) in [6, 6.07) is 10.1. The van der Waals surface area contributed by atoms with Crippen molar-refractivity contribution >= 4 is 10.0 Å². The normalized spacial score (nSPS) is 15.3. The van der Waals surface area contributed by atoms with Gasteiger partial charge >= 0.3 is 0 Å². The van der Waals surface area contributed by atoms with Crippen LogP contribution < -0.4 is 18.9 Å². The fraction of sp³-hybridized carbons (Fsp3) is 0.333. The third-order valence-corrected chi connectivity index (χ3v) is 6.22. The van der Waals surface area contributed by atoms with Gasteiger partial charge in [-0.15, -0.1) is 0 Å². The van der Waals surface area contributed by atoms with Crippen LogP contribution in [-0.4, -0.2) is 39.3 Å². The number of rotatable bonds is 5. The third-order valence-electron chi connectivity index (χ3n) is 4.30. The van der Waals surface area contributed by atoms with Gasteiger partial charge in [0.05, 0.1) is 4.90 Å². The number of fused-ring (bicyclic) bond motifs is 2. The van der Waals surface area contributed by atoms with Gasteiger partial charge in [-0.3, -0.25) is 0 Å². The molecule has 2 aliphatic heterocycles. The first-order valence-corrected chi connectivity index (χ1v) is 9.80. The van der Waals surface area contributed by atoms with Crippen LogP contribution in [0.3, 0.4) is 0 Å². The van der Waals surface area contributed by atoms with E-state index < -0.39 is 10.0 Å². The molecule has 0 bridgehead atoms. The molecule has 2 aliphatic rings. The molecule has 8 heteroatoms. The van der Waals surface area contributed by atoms with E-state index in [9.17, 15) is 8.42 Å². The molecule has 0 aromatic heterocycles. The highest BCUT2D eigenvalue weighted by atomic mass is 32.2. The van der Waals surface area contributed by atoms with Crippen molar-refractivity contribution in [3.8, 4) is 23.0 Å². The lowest BCUT2D eigenvalue weighted by molar-refractivity contribution is 0.171. The molecular formula is C18H19NO6S. The Morgan fingerprint density at radius 2 is 1.54 bits per heavy atom. The van der Waals surface area contributed by atoms with Crippen LogP contribution in [0.2, 0.25) is 0 Å². The van der Waals surface area contributed by atoms with E-state index in [1.165, 1.54) is 10.4 Å². The molecule has 0 unspecified atom stereocenters. The second-order valence-corrected chi connectivity index (χ2v) is 7.86. The highest BCUT2D eigenvalue weighted by molar-refractivity contribution is 7.89. The molecule has 0 radical (unpaired) electrons. The molecule has 0 spiro atoms. The molecule has 0 saturated carbocycles. The van der Waals surface area contributed by atoms with Crippen molar-refractivity contribution in [3.05, 3.63) is 42.0 Å². The number of hydrogen-bond acceptors (Lipinski definition) is 6. The molecular weight excluding hydrogens is 358 g/mol. The minimum absolute atomic E-state index is 0.185. The van der Waals surface area contributed by atoms with Crippen LogP contribution in [0.1, 0.15) is 12.5 Å². The molecule has 0 aliphatic carbocycles. The van der Waals surface area contributed by atoms with E-state index in [2.05, 4.69) is 0 Å². The summed E-state index contributed by atoms with van der Waals surface area (Å²) in [5.74, 6) is 2.33. The van der Waals surface area contributed by atoms with Crippen molar-refractivity contribution in [1.29, 1.82) is 0 Å². The van der Waals surface area contributed by atoms with Gasteiger partial charge in [-0.25, -0.2) is 8.42 Å². The SMILES string of the molecule is CCN(Cc1ccc2c(c1)OCO2)S(=O)(=O)c1ccc2c(c1)OCCO2. The predicted octanol–water partition coefficient (Wildman–Crippen LogP) is 2.40. The van der Waals surface area contributed by atoms with Gasteiger partial charge in [0.25, 0.3) is 0 Å². The zero-order chi connectivity index (χ0) is 18.1. The van der Waals surface area contributed by atoms with E-state index in [-0.39, 0.29) is 18.2 Å². The Kier molecular flexibility index (Phi) is 4.37. The first kappa shape index (κ1) is 17.0. The van der Waals surface area contributed by atoms with Gasteiger partial charge in [-0.2, -0.15) is 4.31 Å². The Balaban J connectivity index is 1.60. The Morgan fingerprint density at radius 3 is 2.35 bits per heavy atom. The number of sulfonamides is 1. The largest absolute Gasteiger partial charge is 0.486 e. The zero-order valence-corrected chi connectivity index (χ0v) is 15.1. The van der Waals surface area contributed by atoms with Crippen LogP contribution >= 0.6 is 0 Å². The van der Waals surface area contributed by atoms with Gasteiger partial charge in [0.1, 0.15) is 13.2 Å². The van der Waals surface area contributed by atoms with E-state index >= 15 is 0 Å². The summed E-state index contributed by atoms with van der Waals surface area (Å²) in [5, 5.41) is 0. The van der Waals surface area contributed by atoms with Crippen molar-refractivity contribution in [2.24, 2.45) is 0 Å². The molecule has 0 atom stereocenters. The van der Waals surface area contributed by atoms with Crippen molar-refractivity contribution in [2.75, 3.05) is 26.6 Å². The third kappa shape index (κ3) is 3.06. The molecule has 0 amide bonds. The zero-order valence-electron chi connectivity index (χ0n) is 14.3. The maximum atomic E-state index is 13.1. The molecule has 0 N–H and O–H groups in total. The fourth-order valence-corrected chi connectivity index (χ4v) is 4.40. The van der Waals surface area contributed by atoms with Crippen molar-refractivity contribution in [2.45, 2.75) is 18.4 Å². The Morgan fingerprint density at radius 1 is 0.885 bits per heavy atom. The summed E-state index contributed by atoms with van der Waals surface area (Å²) in [4.78, 5) is 0.185. The van der Waals surface area contributed by atoms with Crippen molar-refractivity contribution < 1.29 is 27.4 Å². The van der Waals surface area contributed by atoms with Crippen molar-refractivity contribution in [1.82, 2.24) is 4.31 Å². The first-order valence-electron chi connectivity index (χ1n) is 8.36. The monoisotopic (exact) mass is 377 g/mol. The summed E-state index contributed by atoms with van der Waals surface area (Å²) in [7, 11) is -3.67. The maximum absolute atomic E-state index is 13.1. The van der Waals surface area contributed by atoms with Crippen LogP contribution in [0.25, 0.3) is 0 Å². The Bertz CT molecular complexity index is 927. The molecule has 7 nitrogen and oxygen atoms in total. The van der Waals surface area contributed by atoms with Crippen molar-refractivity contribution in [3.63, 3.8) is 0 Å². The average Bonchev–Trinajstić information content (AvgIpc) is 3.13. The molecule has 2 aromatic carbocycles. The Hall–Kier alpha value is -2.45. The standard InChI is InChI=1S/C18H19NO6S/c1-2-19(11-13-3-5-16-17(9-13)25-12-24-16)26(20,21)14-4-6-15-18(10-14)23-8-7-22-15/h3-6,9-10H,2,7-8,11-12H2,1H3. The number of nitrogens with zero attached hydrogens (tertiary/aromatic N) is 1. The van der Waals surface area contributed by atoms with E-state index in [1.54, 1.807) is 18.2 Å². The molecule has 2 heterocycles. The van der Waals surface area contributed by atoms with Crippen LogP contribution in [0.4, 0.5) is 0 Å². The minimum atomic E-state index is -3.67. The predicted molar refractivity (Wildman–Crippen MR) is 93.3 cm³/mol. The highest BCUT2D eigenvalue weighted by Crippen LogP contribution is 2.35. The lowest BCUT2D eigenvalue weighted by atomic mass is 10.2. The van der Waals surface area contributed by atoms with Crippen LogP contribution in [0.15, 0.2) is 41.3 Å². The van der Waals surface area contributed by atoms with Crippen LogP contribution in [0, 0.1) is 0 Å². The summed E-state index contributed by atoms with van der Waals surface area (Å²) in [6.07, 6.45) is 0. The second kappa shape index (κ2) is 6.69. The van der Waals surface area contributed by atoms with Gasteiger partial charge in [0.2, 0.25) is 16.8 Å². The second-order valence-electron chi connectivity index (χ2n) is 5.92. The van der Waals surface area contributed by atoms with Gasteiger partial charge < -0.3 is 18.9 Å². The molecule has 0 fully saturated rings. The smallest absolute Gasteiger partial charge is 0.243 e. The topological polar surface area (TPSA) is 74.3 Å². The lowest BCUT2D eigenvalue weighted by Crippen LogP contribution is -2.30. The van der Waals surface area contributed by atoms with Gasteiger partial charge in [0.15, 0.2) is 23.0 Å².